The summed E-state index contributed by atoms with van der Waals surface area (Å²) in [6.45, 7) is 9.10. The molecule has 0 bridgehead atoms. The zero-order valence-corrected chi connectivity index (χ0v) is 12.8. The number of carboxylic acids is 1. The number of hydrogen-bond donors (Lipinski definition) is 2. The van der Waals surface area contributed by atoms with Gasteiger partial charge in [-0.3, -0.25) is 4.79 Å². The van der Waals surface area contributed by atoms with E-state index in [0.717, 1.165) is 26.1 Å². The zero-order chi connectivity index (χ0) is 15.8. The third-order valence-electron chi connectivity index (χ3n) is 3.25. The lowest BCUT2D eigenvalue weighted by Gasteiger charge is -2.19. The normalized spacial score (nSPS) is 10.7. The van der Waals surface area contributed by atoms with Gasteiger partial charge in [-0.2, -0.15) is 0 Å². The lowest BCUT2D eigenvalue weighted by Crippen LogP contribution is -2.35. The van der Waals surface area contributed by atoms with E-state index in [1.165, 1.54) is 12.1 Å². The molecule has 0 saturated heterocycles. The number of carboxylic acid groups (broad SMARTS) is 1. The van der Waals surface area contributed by atoms with E-state index >= 15 is 0 Å². The molecule has 1 aromatic rings. The van der Waals surface area contributed by atoms with Gasteiger partial charge in [0.25, 0.3) is 5.91 Å². The third kappa shape index (κ3) is 5.15. The summed E-state index contributed by atoms with van der Waals surface area (Å²) in [6, 6.07) is 2.85. The molecule has 0 aliphatic carbocycles. The van der Waals surface area contributed by atoms with Crippen molar-refractivity contribution in [2.75, 3.05) is 26.2 Å². The smallest absolute Gasteiger partial charge is 0.337 e. The number of rotatable bonds is 8. The van der Waals surface area contributed by atoms with Crippen LogP contribution in [0, 0.1) is 6.92 Å². The number of amides is 1. The fraction of sp³-hybridized carbons (Fsp3) is 0.533. The van der Waals surface area contributed by atoms with Crippen LogP contribution in [0.25, 0.3) is 0 Å². The molecule has 0 unspecified atom stereocenters. The van der Waals surface area contributed by atoms with Gasteiger partial charge in [-0.15, -0.1) is 0 Å². The van der Waals surface area contributed by atoms with Crippen LogP contribution in [0.4, 0.5) is 0 Å². The first-order chi connectivity index (χ1) is 9.99. The molecule has 0 radical (unpaired) electrons. The molecule has 0 aromatic carbocycles. The van der Waals surface area contributed by atoms with Gasteiger partial charge in [-0.05, 0) is 38.6 Å². The molecule has 0 atom stereocenters. The van der Waals surface area contributed by atoms with E-state index < -0.39 is 5.97 Å². The maximum Gasteiger partial charge on any atom is 0.337 e. The quantitative estimate of drug-likeness (QED) is 0.760. The lowest BCUT2D eigenvalue weighted by atomic mass is 10.2. The topological polar surface area (TPSA) is 82.5 Å². The second-order valence-electron chi connectivity index (χ2n) is 4.82. The van der Waals surface area contributed by atoms with Crippen molar-refractivity contribution in [1.29, 1.82) is 0 Å². The van der Waals surface area contributed by atoms with Crippen LogP contribution in [0.2, 0.25) is 0 Å². The molecule has 1 heterocycles. The Morgan fingerprint density at radius 1 is 1.29 bits per heavy atom. The molecule has 1 rings (SSSR count). The summed E-state index contributed by atoms with van der Waals surface area (Å²) in [5.74, 6) is -1.31. The van der Waals surface area contributed by atoms with Crippen molar-refractivity contribution in [2.45, 2.75) is 27.2 Å². The first-order valence-corrected chi connectivity index (χ1v) is 7.21. The van der Waals surface area contributed by atoms with Crippen molar-refractivity contribution in [3.8, 4) is 0 Å². The van der Waals surface area contributed by atoms with E-state index in [0.29, 0.717) is 12.2 Å². The Hall–Kier alpha value is -1.95. The highest BCUT2D eigenvalue weighted by atomic mass is 16.4. The Kier molecular flexibility index (Phi) is 6.81. The largest absolute Gasteiger partial charge is 0.478 e. The average molecular weight is 293 g/mol. The van der Waals surface area contributed by atoms with Crippen molar-refractivity contribution in [3.63, 3.8) is 0 Å². The van der Waals surface area contributed by atoms with E-state index in [-0.39, 0.29) is 17.2 Å². The summed E-state index contributed by atoms with van der Waals surface area (Å²) < 4.78 is 0. The van der Waals surface area contributed by atoms with E-state index in [1.54, 1.807) is 6.92 Å². The van der Waals surface area contributed by atoms with Crippen LogP contribution in [-0.2, 0) is 0 Å². The predicted molar refractivity (Wildman–Crippen MR) is 80.7 cm³/mol. The third-order valence-corrected chi connectivity index (χ3v) is 3.25. The van der Waals surface area contributed by atoms with Crippen molar-refractivity contribution < 1.29 is 14.7 Å². The lowest BCUT2D eigenvalue weighted by molar-refractivity contribution is 0.0694. The highest BCUT2D eigenvalue weighted by Crippen LogP contribution is 2.06. The molecular weight excluding hydrogens is 270 g/mol. The minimum absolute atomic E-state index is 0.117. The van der Waals surface area contributed by atoms with Gasteiger partial charge in [0, 0.05) is 13.1 Å². The Morgan fingerprint density at radius 2 is 2.00 bits per heavy atom. The maximum absolute atomic E-state index is 12.0. The number of nitrogens with zero attached hydrogens (tertiary/aromatic N) is 2. The molecule has 0 aliphatic rings. The summed E-state index contributed by atoms with van der Waals surface area (Å²) in [7, 11) is 0. The fourth-order valence-electron chi connectivity index (χ4n) is 2.08. The van der Waals surface area contributed by atoms with Gasteiger partial charge in [-0.25, -0.2) is 9.78 Å². The molecule has 6 nitrogen and oxygen atoms in total. The van der Waals surface area contributed by atoms with Gasteiger partial charge >= 0.3 is 5.97 Å². The number of pyridine rings is 1. The Morgan fingerprint density at radius 3 is 2.52 bits per heavy atom. The number of likely N-dealkylation sites (N-methyl/N-ethyl adjacent to an activating group) is 1. The monoisotopic (exact) mass is 293 g/mol. The fourth-order valence-corrected chi connectivity index (χ4v) is 2.08. The number of hydrogen-bond acceptors (Lipinski definition) is 4. The second-order valence-corrected chi connectivity index (χ2v) is 4.82. The van der Waals surface area contributed by atoms with Gasteiger partial charge in [0.05, 0.1) is 11.3 Å². The molecule has 1 aromatic heterocycles. The van der Waals surface area contributed by atoms with Gasteiger partial charge < -0.3 is 15.3 Å². The van der Waals surface area contributed by atoms with Crippen LogP contribution in [0.1, 0.15) is 46.8 Å². The first kappa shape index (κ1) is 17.1. The number of carbonyl (C=O) groups excluding carboxylic acids is 1. The molecule has 116 valence electrons. The van der Waals surface area contributed by atoms with Crippen molar-refractivity contribution in [2.24, 2.45) is 0 Å². The van der Waals surface area contributed by atoms with E-state index in [2.05, 4.69) is 29.0 Å². The number of carbonyl (C=O) groups is 2. The predicted octanol–water partition coefficient (Wildman–Crippen LogP) is 1.55. The van der Waals surface area contributed by atoms with E-state index in [1.807, 2.05) is 0 Å². The van der Waals surface area contributed by atoms with Gasteiger partial charge in [0.2, 0.25) is 0 Å². The van der Waals surface area contributed by atoms with Crippen molar-refractivity contribution in [1.82, 2.24) is 15.2 Å². The molecule has 0 fully saturated rings. The van der Waals surface area contributed by atoms with Crippen LogP contribution < -0.4 is 5.32 Å². The molecule has 0 aliphatic heterocycles. The van der Waals surface area contributed by atoms with Crippen LogP contribution in [0.5, 0.6) is 0 Å². The average Bonchev–Trinajstić information content (AvgIpc) is 2.45. The second kappa shape index (κ2) is 8.36. The Bertz CT molecular complexity index is 503. The van der Waals surface area contributed by atoms with E-state index in [4.69, 9.17) is 5.11 Å². The summed E-state index contributed by atoms with van der Waals surface area (Å²) in [5.41, 5.74) is 0.707. The number of aromatic nitrogens is 1. The number of aryl methyl sites for hydroxylation is 1. The van der Waals surface area contributed by atoms with Gasteiger partial charge in [0.15, 0.2) is 0 Å². The molecule has 21 heavy (non-hydrogen) atoms. The molecule has 0 spiro atoms. The highest BCUT2D eigenvalue weighted by Gasteiger charge is 2.13. The Balaban J connectivity index is 2.56. The highest BCUT2D eigenvalue weighted by molar-refractivity contribution is 5.94. The summed E-state index contributed by atoms with van der Waals surface area (Å²) >= 11 is 0. The van der Waals surface area contributed by atoms with Crippen LogP contribution in [0.15, 0.2) is 12.1 Å². The molecule has 6 heteroatoms. The standard InChI is InChI=1S/C15H23N3O3/c1-4-9-18(5-2)10-8-16-14(19)13-7-6-12(15(20)21)11(3)17-13/h6-7H,4-5,8-10H2,1-3H3,(H,16,19)(H,20,21). The van der Waals surface area contributed by atoms with Gasteiger partial charge in [0.1, 0.15) is 5.69 Å². The Labute approximate surface area is 125 Å². The number of nitrogens with one attached hydrogen (secondary N) is 1. The molecular formula is C15H23N3O3. The zero-order valence-electron chi connectivity index (χ0n) is 12.8. The van der Waals surface area contributed by atoms with Crippen LogP contribution in [0.3, 0.4) is 0 Å². The van der Waals surface area contributed by atoms with E-state index in [9.17, 15) is 9.59 Å². The number of aromatic carboxylic acids is 1. The minimum atomic E-state index is -1.04. The van der Waals surface area contributed by atoms with Crippen molar-refractivity contribution in [3.05, 3.63) is 29.1 Å². The molecule has 0 saturated carbocycles. The van der Waals surface area contributed by atoms with Crippen LogP contribution in [-0.4, -0.2) is 53.0 Å². The van der Waals surface area contributed by atoms with Crippen molar-refractivity contribution >= 4 is 11.9 Å². The minimum Gasteiger partial charge on any atom is -0.478 e. The first-order valence-electron chi connectivity index (χ1n) is 7.21. The van der Waals surface area contributed by atoms with Crippen LogP contribution >= 0.6 is 0 Å². The maximum atomic E-state index is 12.0. The van der Waals surface area contributed by atoms with Gasteiger partial charge in [-0.1, -0.05) is 13.8 Å². The summed E-state index contributed by atoms with van der Waals surface area (Å²) in [4.78, 5) is 29.2. The summed E-state index contributed by atoms with van der Waals surface area (Å²) in [6.07, 6.45) is 1.08. The molecule has 1 amide bonds. The SMILES string of the molecule is CCCN(CC)CCNC(=O)c1ccc(C(=O)O)c(C)n1. The molecule has 2 N–H and O–H groups in total. The summed E-state index contributed by atoms with van der Waals surface area (Å²) in [5, 5.41) is 11.7.